The van der Waals surface area contributed by atoms with Gasteiger partial charge in [0.15, 0.2) is 5.65 Å². The number of aromatic nitrogens is 5. The van der Waals surface area contributed by atoms with Crippen molar-refractivity contribution in [3.63, 3.8) is 0 Å². The van der Waals surface area contributed by atoms with Crippen molar-refractivity contribution in [2.75, 3.05) is 26.3 Å². The van der Waals surface area contributed by atoms with Gasteiger partial charge >= 0.3 is 0 Å². The van der Waals surface area contributed by atoms with Gasteiger partial charge in [-0.25, -0.2) is 18.3 Å². The molecule has 4 aromatic rings. The average molecular weight is 543 g/mol. The molecule has 0 amide bonds. The molecule has 186 valence electrons. The molecule has 0 saturated carbocycles. The highest BCUT2D eigenvalue weighted by atomic mass is 35.5. The molecule has 0 atom stereocenters. The fourth-order valence-corrected chi connectivity index (χ4v) is 4.35. The maximum atomic E-state index is 15.1. The minimum absolute atomic E-state index is 0. The van der Waals surface area contributed by atoms with Crippen molar-refractivity contribution in [3.8, 4) is 17.3 Å². The smallest absolute Gasteiger partial charge is 0.171 e. The van der Waals surface area contributed by atoms with Gasteiger partial charge in [-0.05, 0) is 57.1 Å². The lowest BCUT2D eigenvalue weighted by Crippen LogP contribution is -2.34. The molecular weight excluding hydrogens is 519 g/mol. The first-order chi connectivity index (χ1) is 15.6. The molecule has 5 rings (SSSR count). The summed E-state index contributed by atoms with van der Waals surface area (Å²) in [6, 6.07) is 8.66. The molecular formula is C23H24Cl3F2N7. The fraction of sp³-hybridized carbons (Fsp3) is 0.348. The topological polar surface area (TPSA) is 83.0 Å². The second kappa shape index (κ2) is 11.9. The summed E-state index contributed by atoms with van der Waals surface area (Å²) in [6.07, 6.45) is 3.43. The second-order valence-corrected chi connectivity index (χ2v) is 8.17. The summed E-state index contributed by atoms with van der Waals surface area (Å²) in [4.78, 5) is 6.41. The number of imidazole rings is 1. The maximum Gasteiger partial charge on any atom is 0.171 e. The van der Waals surface area contributed by atoms with E-state index in [9.17, 15) is 9.65 Å². The van der Waals surface area contributed by atoms with Crippen molar-refractivity contribution in [3.05, 3.63) is 53.2 Å². The van der Waals surface area contributed by atoms with Crippen LogP contribution in [0.2, 0.25) is 0 Å². The number of nitriles is 1. The van der Waals surface area contributed by atoms with Gasteiger partial charge < -0.3 is 4.90 Å². The first kappa shape index (κ1) is 28.6. The van der Waals surface area contributed by atoms with Crippen molar-refractivity contribution in [1.82, 2.24) is 29.7 Å². The third-order valence-corrected chi connectivity index (χ3v) is 6.04. The Morgan fingerprint density at radius 3 is 2.51 bits per heavy atom. The number of piperidine rings is 1. The number of benzene rings is 1. The van der Waals surface area contributed by atoms with Gasteiger partial charge in [0.2, 0.25) is 0 Å². The van der Waals surface area contributed by atoms with Crippen molar-refractivity contribution in [2.24, 2.45) is 0 Å². The van der Waals surface area contributed by atoms with E-state index >= 15 is 4.39 Å². The average Bonchev–Trinajstić information content (AvgIpc) is 3.19. The zero-order valence-electron chi connectivity index (χ0n) is 18.8. The number of aryl methyl sites for hydroxylation is 1. The number of nitrogens with zero attached hydrogens (tertiary/aromatic N) is 7. The van der Waals surface area contributed by atoms with Crippen molar-refractivity contribution in [2.45, 2.75) is 25.7 Å². The lowest BCUT2D eigenvalue weighted by atomic mass is 9.92. The van der Waals surface area contributed by atoms with Gasteiger partial charge in [0.1, 0.15) is 18.6 Å². The van der Waals surface area contributed by atoms with Crippen molar-refractivity contribution in [1.29, 1.82) is 5.26 Å². The summed E-state index contributed by atoms with van der Waals surface area (Å²) >= 11 is 0. The molecule has 1 saturated heterocycles. The predicted molar refractivity (Wildman–Crippen MR) is 137 cm³/mol. The highest BCUT2D eigenvalue weighted by Crippen LogP contribution is 2.31. The molecule has 35 heavy (non-hydrogen) atoms. The third-order valence-electron chi connectivity index (χ3n) is 6.04. The SMILES string of the molecule is Cc1cn2nc(-c3cc(F)c4cc(C5CCN(CCF)CC5)nnc4c3)cc(C#N)c2n1.Cl.Cl.Cl. The number of hydrogen-bond donors (Lipinski definition) is 0. The Balaban J connectivity index is 0.00000144. The Hall–Kier alpha value is -2.64. The van der Waals surface area contributed by atoms with Gasteiger partial charge in [-0.15, -0.1) is 37.2 Å². The van der Waals surface area contributed by atoms with Crippen LogP contribution in [0.1, 0.15) is 35.7 Å². The first-order valence-corrected chi connectivity index (χ1v) is 10.6. The molecule has 1 aromatic carbocycles. The van der Waals surface area contributed by atoms with Crippen LogP contribution in [0.4, 0.5) is 8.78 Å². The fourth-order valence-electron chi connectivity index (χ4n) is 4.35. The largest absolute Gasteiger partial charge is 0.301 e. The maximum absolute atomic E-state index is 15.1. The van der Waals surface area contributed by atoms with Gasteiger partial charge in [0.05, 0.1) is 34.4 Å². The monoisotopic (exact) mass is 541 g/mol. The third kappa shape index (κ3) is 5.62. The van der Waals surface area contributed by atoms with Gasteiger partial charge in [-0.1, -0.05) is 0 Å². The molecule has 4 heterocycles. The first-order valence-electron chi connectivity index (χ1n) is 10.6. The Morgan fingerprint density at radius 2 is 1.83 bits per heavy atom. The molecule has 0 radical (unpaired) electrons. The van der Waals surface area contributed by atoms with Gasteiger partial charge in [0, 0.05) is 23.4 Å². The molecule has 12 heteroatoms. The lowest BCUT2D eigenvalue weighted by molar-refractivity contribution is 0.195. The van der Waals surface area contributed by atoms with Crippen molar-refractivity contribution < 1.29 is 8.78 Å². The van der Waals surface area contributed by atoms with Gasteiger partial charge in [0.25, 0.3) is 0 Å². The van der Waals surface area contributed by atoms with E-state index in [-0.39, 0.29) is 49.8 Å². The standard InChI is InChI=1S/C23H21F2N7.3ClH/c1-14-13-32-23(27-14)17(12-26)10-21(30-32)16-8-19(25)18-11-20(28-29-22(18)9-16)15-2-5-31(6-3-15)7-4-24;;;/h8-11,13,15H,2-7H2,1H3;3*1H. The van der Waals surface area contributed by atoms with Crippen LogP contribution in [0.3, 0.4) is 0 Å². The number of fused-ring (bicyclic) bond motifs is 2. The van der Waals surface area contributed by atoms with Crippen LogP contribution in [0.25, 0.3) is 27.8 Å². The lowest BCUT2D eigenvalue weighted by Gasteiger charge is -2.30. The molecule has 0 bridgehead atoms. The number of likely N-dealkylation sites (tertiary alicyclic amines) is 1. The number of rotatable bonds is 4. The van der Waals surface area contributed by atoms with Crippen LogP contribution in [0, 0.1) is 24.1 Å². The Bertz CT molecular complexity index is 1360. The molecule has 1 aliphatic rings. The van der Waals surface area contributed by atoms with Gasteiger partial charge in [-0.3, -0.25) is 0 Å². The highest BCUT2D eigenvalue weighted by Gasteiger charge is 2.23. The molecule has 0 unspecified atom stereocenters. The zero-order chi connectivity index (χ0) is 22.2. The van der Waals surface area contributed by atoms with E-state index in [1.165, 1.54) is 10.6 Å². The Labute approximate surface area is 219 Å². The van der Waals surface area contributed by atoms with Crippen LogP contribution in [0.5, 0.6) is 0 Å². The van der Waals surface area contributed by atoms with E-state index in [0.717, 1.165) is 37.3 Å². The number of halogens is 5. The van der Waals surface area contributed by atoms with Crippen LogP contribution >= 0.6 is 37.2 Å². The molecule has 7 nitrogen and oxygen atoms in total. The van der Waals surface area contributed by atoms with Crippen LogP contribution in [0.15, 0.2) is 30.5 Å². The minimum atomic E-state index is -0.411. The van der Waals surface area contributed by atoms with Crippen molar-refractivity contribution >= 4 is 53.8 Å². The van der Waals surface area contributed by atoms with Crippen LogP contribution in [-0.2, 0) is 0 Å². The molecule has 3 aromatic heterocycles. The van der Waals surface area contributed by atoms with E-state index in [0.29, 0.717) is 39.9 Å². The normalized spacial score (nSPS) is 14.1. The summed E-state index contributed by atoms with van der Waals surface area (Å²) in [5.74, 6) is -0.223. The Kier molecular flexibility index (Phi) is 9.69. The molecule has 1 fully saturated rings. The summed E-state index contributed by atoms with van der Waals surface area (Å²) < 4.78 is 29.2. The second-order valence-electron chi connectivity index (χ2n) is 8.17. The number of hydrogen-bond acceptors (Lipinski definition) is 6. The van der Waals surface area contributed by atoms with E-state index in [1.54, 1.807) is 24.4 Å². The predicted octanol–water partition coefficient (Wildman–Crippen LogP) is 5.07. The van der Waals surface area contributed by atoms with E-state index in [4.69, 9.17) is 0 Å². The number of alkyl halides is 1. The summed E-state index contributed by atoms with van der Waals surface area (Å²) in [6.45, 7) is 3.55. The van der Waals surface area contributed by atoms with Gasteiger partial charge in [-0.2, -0.15) is 20.6 Å². The highest BCUT2D eigenvalue weighted by molar-refractivity contribution is 5.86. The minimum Gasteiger partial charge on any atom is -0.301 e. The molecule has 0 N–H and O–H groups in total. The summed E-state index contributed by atoms with van der Waals surface area (Å²) in [5, 5.41) is 23.1. The van der Waals surface area contributed by atoms with Crippen LogP contribution in [-0.4, -0.2) is 56.0 Å². The van der Waals surface area contributed by atoms with E-state index < -0.39 is 5.82 Å². The summed E-state index contributed by atoms with van der Waals surface area (Å²) in [7, 11) is 0. The Morgan fingerprint density at radius 1 is 1.09 bits per heavy atom. The quantitative estimate of drug-likeness (QED) is 0.358. The zero-order valence-corrected chi connectivity index (χ0v) is 21.3. The molecule has 0 aliphatic carbocycles. The van der Waals surface area contributed by atoms with E-state index in [1.807, 2.05) is 6.92 Å². The summed E-state index contributed by atoms with van der Waals surface area (Å²) in [5.41, 5.74) is 3.75. The molecule has 1 aliphatic heterocycles. The van der Waals surface area contributed by atoms with E-state index in [2.05, 4.69) is 31.2 Å². The van der Waals surface area contributed by atoms with Crippen LogP contribution < -0.4 is 0 Å². The molecule has 0 spiro atoms.